The molecule has 1 N–H and O–H groups in total. The number of amides is 1. The van der Waals surface area contributed by atoms with Crippen molar-refractivity contribution >= 4 is 46.1 Å². The van der Waals surface area contributed by atoms with Crippen molar-refractivity contribution < 1.29 is 14.3 Å². The summed E-state index contributed by atoms with van der Waals surface area (Å²) < 4.78 is 5.49. The summed E-state index contributed by atoms with van der Waals surface area (Å²) >= 11 is 7.85. The van der Waals surface area contributed by atoms with Crippen molar-refractivity contribution in [3.8, 4) is 0 Å². The Labute approximate surface area is 118 Å². The fourth-order valence-corrected chi connectivity index (χ4v) is 1.62. The highest BCUT2D eigenvalue weighted by Crippen LogP contribution is 2.06. The zero-order valence-corrected chi connectivity index (χ0v) is 12.0. The smallest absolute Gasteiger partial charge is 0.325 e. The van der Waals surface area contributed by atoms with Crippen molar-refractivity contribution in [2.24, 2.45) is 0 Å². The van der Waals surface area contributed by atoms with Crippen molar-refractivity contribution in [3.05, 3.63) is 33.4 Å². The van der Waals surface area contributed by atoms with Crippen LogP contribution < -0.4 is 5.32 Å². The highest BCUT2D eigenvalue weighted by molar-refractivity contribution is 14.1. The molecule has 1 unspecified atom stereocenters. The van der Waals surface area contributed by atoms with E-state index >= 15 is 0 Å². The number of carbonyl (C=O) groups excluding carboxylic acids is 2. The van der Waals surface area contributed by atoms with Gasteiger partial charge in [0.2, 0.25) is 0 Å². The Morgan fingerprint density at radius 2 is 2.00 bits per heavy atom. The van der Waals surface area contributed by atoms with Gasteiger partial charge in [-0.25, -0.2) is 0 Å². The van der Waals surface area contributed by atoms with Crippen LogP contribution in [0.5, 0.6) is 0 Å². The lowest BCUT2D eigenvalue weighted by atomic mass is 10.2. The molecule has 1 aromatic rings. The first kappa shape index (κ1) is 14.2. The lowest BCUT2D eigenvalue weighted by Gasteiger charge is -2.08. The van der Waals surface area contributed by atoms with Crippen molar-refractivity contribution in [1.29, 1.82) is 0 Å². The lowest BCUT2D eigenvalue weighted by molar-refractivity contribution is -0.140. The summed E-state index contributed by atoms with van der Waals surface area (Å²) in [6.07, 6.45) is 0. The first-order valence-electron chi connectivity index (χ1n) is 4.80. The predicted octanol–water partition coefficient (Wildman–Crippen LogP) is 1.80. The summed E-state index contributed by atoms with van der Waals surface area (Å²) in [5, 5.41) is 1.69. The fourth-order valence-electron chi connectivity index (χ4n) is 1.10. The number of carbonyl (C=O) groups is 2. The van der Waals surface area contributed by atoms with Crippen LogP contribution in [0.15, 0.2) is 24.3 Å². The predicted molar refractivity (Wildman–Crippen MR) is 73.1 cm³/mol. The second kappa shape index (κ2) is 6.80. The molecule has 0 heterocycles. The van der Waals surface area contributed by atoms with Crippen LogP contribution in [-0.2, 0) is 9.53 Å². The van der Waals surface area contributed by atoms with Gasteiger partial charge in [-0.3, -0.25) is 9.59 Å². The first-order chi connectivity index (χ1) is 8.04. The highest BCUT2D eigenvalue weighted by Gasteiger charge is 2.16. The number of rotatable bonds is 4. The van der Waals surface area contributed by atoms with Gasteiger partial charge in [0, 0.05) is 15.7 Å². The number of methoxy groups -OCH3 is 1. The maximum atomic E-state index is 11.6. The van der Waals surface area contributed by atoms with E-state index in [0.29, 0.717) is 5.56 Å². The average molecular weight is 368 g/mol. The van der Waals surface area contributed by atoms with E-state index < -0.39 is 11.3 Å². The van der Waals surface area contributed by atoms with E-state index in [0.717, 1.165) is 3.57 Å². The van der Waals surface area contributed by atoms with E-state index in [1.165, 1.54) is 7.11 Å². The van der Waals surface area contributed by atoms with Crippen LogP contribution in [0.25, 0.3) is 0 Å². The van der Waals surface area contributed by atoms with Gasteiger partial charge in [-0.1, -0.05) is 0 Å². The van der Waals surface area contributed by atoms with E-state index in [2.05, 4.69) is 32.6 Å². The molecule has 92 valence electrons. The normalized spacial score (nSPS) is 11.7. The van der Waals surface area contributed by atoms with Gasteiger partial charge in [-0.2, -0.15) is 0 Å². The molecule has 0 aliphatic carbocycles. The summed E-state index contributed by atoms with van der Waals surface area (Å²) in [7, 11) is 1.25. The lowest BCUT2D eigenvalue weighted by Crippen LogP contribution is -2.34. The molecule has 0 fully saturated rings. The largest absolute Gasteiger partial charge is 0.468 e. The third-order valence-electron chi connectivity index (χ3n) is 2.01. The second-order valence-electron chi connectivity index (χ2n) is 3.21. The van der Waals surface area contributed by atoms with Crippen LogP contribution in [-0.4, -0.2) is 30.9 Å². The Morgan fingerprint density at radius 1 is 1.41 bits per heavy atom. The number of hydrogen-bond donors (Lipinski definition) is 1. The van der Waals surface area contributed by atoms with Crippen molar-refractivity contribution in [2.75, 3.05) is 13.7 Å². The minimum atomic E-state index is -0.868. The van der Waals surface area contributed by atoms with E-state index in [1.54, 1.807) is 12.1 Å². The summed E-state index contributed by atoms with van der Waals surface area (Å²) in [6.45, 7) is 0.0407. The van der Waals surface area contributed by atoms with Crippen molar-refractivity contribution in [3.63, 3.8) is 0 Å². The molecule has 0 spiro atoms. The minimum absolute atomic E-state index is 0.0407. The molecule has 0 aliphatic rings. The fraction of sp³-hybridized carbons (Fsp3) is 0.273. The molecule has 0 radical (unpaired) electrons. The zero-order valence-electron chi connectivity index (χ0n) is 9.07. The number of halogens is 2. The van der Waals surface area contributed by atoms with Gasteiger partial charge in [0.25, 0.3) is 5.91 Å². The van der Waals surface area contributed by atoms with Crippen LogP contribution >= 0.6 is 34.2 Å². The number of benzene rings is 1. The van der Waals surface area contributed by atoms with Gasteiger partial charge in [0.05, 0.1) is 7.11 Å². The average Bonchev–Trinajstić information content (AvgIpc) is 2.35. The molecule has 0 aromatic heterocycles. The second-order valence-corrected chi connectivity index (χ2v) is 4.98. The number of nitrogens with one attached hydrogen (secondary N) is 1. The molecule has 0 bridgehead atoms. The SMILES string of the molecule is COC(=O)C(Cl)CNC(=O)c1ccc(I)cc1. The van der Waals surface area contributed by atoms with E-state index in [1.807, 2.05) is 12.1 Å². The summed E-state index contributed by atoms with van der Waals surface area (Å²) in [4.78, 5) is 22.6. The summed E-state index contributed by atoms with van der Waals surface area (Å²) in [5.74, 6) is -0.828. The van der Waals surface area contributed by atoms with Crippen LogP contribution in [0, 0.1) is 3.57 Å². The van der Waals surface area contributed by atoms with Gasteiger partial charge in [0.1, 0.15) is 5.38 Å². The molecule has 0 aliphatic heterocycles. The Hall–Kier alpha value is -0.820. The first-order valence-corrected chi connectivity index (χ1v) is 6.31. The standard InChI is InChI=1S/C11H11ClINO3/c1-17-11(16)9(12)6-14-10(15)7-2-4-8(13)5-3-7/h2-5,9H,6H2,1H3,(H,14,15). The van der Waals surface area contributed by atoms with Crippen LogP contribution in [0.4, 0.5) is 0 Å². The third kappa shape index (κ3) is 4.51. The summed E-state index contributed by atoms with van der Waals surface area (Å²) in [6, 6.07) is 7.07. The van der Waals surface area contributed by atoms with Crippen LogP contribution in [0.3, 0.4) is 0 Å². The van der Waals surface area contributed by atoms with E-state index in [9.17, 15) is 9.59 Å². The highest BCUT2D eigenvalue weighted by atomic mass is 127. The van der Waals surface area contributed by atoms with Gasteiger partial charge in [0.15, 0.2) is 0 Å². The van der Waals surface area contributed by atoms with Crippen LogP contribution in [0.2, 0.25) is 0 Å². The molecule has 1 atom stereocenters. The van der Waals surface area contributed by atoms with Gasteiger partial charge >= 0.3 is 5.97 Å². The molecule has 1 amide bonds. The maximum Gasteiger partial charge on any atom is 0.325 e. The number of hydrogen-bond acceptors (Lipinski definition) is 3. The molecule has 1 aromatic carbocycles. The number of ether oxygens (including phenoxy) is 1. The quantitative estimate of drug-likeness (QED) is 0.502. The Morgan fingerprint density at radius 3 is 2.53 bits per heavy atom. The molecule has 0 saturated heterocycles. The monoisotopic (exact) mass is 367 g/mol. The number of esters is 1. The van der Waals surface area contributed by atoms with Crippen molar-refractivity contribution in [2.45, 2.75) is 5.38 Å². The van der Waals surface area contributed by atoms with Gasteiger partial charge < -0.3 is 10.1 Å². The molecular formula is C11H11ClINO3. The zero-order chi connectivity index (χ0) is 12.8. The Bertz CT molecular complexity index is 408. The third-order valence-corrected chi connectivity index (χ3v) is 3.06. The van der Waals surface area contributed by atoms with Crippen LogP contribution in [0.1, 0.15) is 10.4 Å². The molecular weight excluding hydrogens is 356 g/mol. The molecule has 17 heavy (non-hydrogen) atoms. The molecule has 1 rings (SSSR count). The minimum Gasteiger partial charge on any atom is -0.468 e. The number of alkyl halides is 1. The van der Waals surface area contributed by atoms with Crippen molar-refractivity contribution in [1.82, 2.24) is 5.32 Å². The summed E-state index contributed by atoms with van der Waals surface area (Å²) in [5.41, 5.74) is 0.527. The topological polar surface area (TPSA) is 55.4 Å². The van der Waals surface area contributed by atoms with E-state index in [4.69, 9.17) is 11.6 Å². The van der Waals surface area contributed by atoms with Gasteiger partial charge in [-0.15, -0.1) is 11.6 Å². The van der Waals surface area contributed by atoms with E-state index in [-0.39, 0.29) is 12.5 Å². The molecule has 0 saturated carbocycles. The molecule has 6 heteroatoms. The Balaban J connectivity index is 2.50. The maximum absolute atomic E-state index is 11.6. The molecule has 4 nitrogen and oxygen atoms in total. The Kier molecular flexibility index (Phi) is 5.70. The van der Waals surface area contributed by atoms with Gasteiger partial charge in [-0.05, 0) is 46.9 Å².